The minimum Gasteiger partial charge on any atom is -0.443 e. The van der Waals surface area contributed by atoms with Crippen LogP contribution in [-0.4, -0.2) is 30.9 Å². The van der Waals surface area contributed by atoms with Crippen molar-refractivity contribution in [3.05, 3.63) is 54.1 Å². The van der Waals surface area contributed by atoms with E-state index in [1.807, 2.05) is 45.0 Å². The molecule has 0 unspecified atom stereocenters. The second-order valence-corrected chi connectivity index (χ2v) is 7.37. The molecular formula is C19H17ClN4O2. The standard InChI is InChI=1S/C19H17ClN4O2/c1-19(2,3)26-18(25)23-11-14(12-6-4-5-7-15(12)23)13-10-16(20)22-24-9-8-21-17(13)24/h4-11H,1-3H3. The van der Waals surface area contributed by atoms with Crippen molar-refractivity contribution in [1.29, 1.82) is 0 Å². The van der Waals surface area contributed by atoms with Crippen LogP contribution in [0.4, 0.5) is 4.79 Å². The molecule has 0 spiro atoms. The normalized spacial score (nSPS) is 12.0. The van der Waals surface area contributed by atoms with Crippen LogP contribution in [0, 0.1) is 0 Å². The second-order valence-electron chi connectivity index (χ2n) is 6.99. The summed E-state index contributed by atoms with van der Waals surface area (Å²) < 4.78 is 8.68. The number of carbonyl (C=O) groups excluding carboxylic acids is 1. The summed E-state index contributed by atoms with van der Waals surface area (Å²) in [5.74, 6) is 0. The molecule has 0 atom stereocenters. The van der Waals surface area contributed by atoms with E-state index in [2.05, 4.69) is 10.1 Å². The van der Waals surface area contributed by atoms with Gasteiger partial charge in [-0.05, 0) is 32.9 Å². The summed E-state index contributed by atoms with van der Waals surface area (Å²) in [6.07, 6.45) is 4.73. The number of imidazole rings is 1. The van der Waals surface area contributed by atoms with Gasteiger partial charge in [0.2, 0.25) is 0 Å². The van der Waals surface area contributed by atoms with Gasteiger partial charge in [0.25, 0.3) is 0 Å². The maximum atomic E-state index is 12.7. The second kappa shape index (κ2) is 5.85. The molecule has 3 aromatic heterocycles. The molecule has 0 aliphatic rings. The summed E-state index contributed by atoms with van der Waals surface area (Å²) in [5.41, 5.74) is 2.48. The molecule has 1 aromatic carbocycles. The van der Waals surface area contributed by atoms with E-state index in [0.717, 1.165) is 22.0 Å². The van der Waals surface area contributed by atoms with Crippen molar-refractivity contribution in [3.8, 4) is 11.1 Å². The van der Waals surface area contributed by atoms with Crippen molar-refractivity contribution < 1.29 is 9.53 Å². The van der Waals surface area contributed by atoms with Gasteiger partial charge in [-0.2, -0.15) is 5.10 Å². The first kappa shape index (κ1) is 16.6. The molecule has 4 aromatic rings. The van der Waals surface area contributed by atoms with Crippen LogP contribution < -0.4 is 0 Å². The molecule has 0 bridgehead atoms. The number of fused-ring (bicyclic) bond motifs is 2. The lowest BCUT2D eigenvalue weighted by Crippen LogP contribution is -2.26. The largest absolute Gasteiger partial charge is 0.443 e. The fourth-order valence-electron chi connectivity index (χ4n) is 2.94. The van der Waals surface area contributed by atoms with Crippen molar-refractivity contribution in [2.45, 2.75) is 26.4 Å². The van der Waals surface area contributed by atoms with Gasteiger partial charge in [0.15, 0.2) is 10.8 Å². The highest BCUT2D eigenvalue weighted by Crippen LogP contribution is 2.34. The van der Waals surface area contributed by atoms with Crippen LogP contribution in [-0.2, 0) is 4.74 Å². The van der Waals surface area contributed by atoms with Gasteiger partial charge < -0.3 is 4.74 Å². The molecule has 0 radical (unpaired) electrons. The number of rotatable bonds is 1. The van der Waals surface area contributed by atoms with Gasteiger partial charge in [-0.15, -0.1) is 0 Å². The van der Waals surface area contributed by atoms with Crippen molar-refractivity contribution in [2.75, 3.05) is 0 Å². The zero-order chi connectivity index (χ0) is 18.5. The molecular weight excluding hydrogens is 352 g/mol. The monoisotopic (exact) mass is 368 g/mol. The Labute approximate surface area is 155 Å². The Morgan fingerprint density at radius 2 is 1.96 bits per heavy atom. The quantitative estimate of drug-likeness (QED) is 0.484. The number of aromatic nitrogens is 4. The van der Waals surface area contributed by atoms with Crippen LogP contribution in [0.25, 0.3) is 27.7 Å². The van der Waals surface area contributed by atoms with Crippen LogP contribution >= 0.6 is 11.6 Å². The predicted molar refractivity (Wildman–Crippen MR) is 101 cm³/mol. The van der Waals surface area contributed by atoms with Gasteiger partial charge in [-0.25, -0.2) is 14.3 Å². The van der Waals surface area contributed by atoms with E-state index in [-0.39, 0.29) is 0 Å². The third-order valence-corrected chi connectivity index (χ3v) is 4.11. The lowest BCUT2D eigenvalue weighted by molar-refractivity contribution is 0.0544. The first-order valence-corrected chi connectivity index (χ1v) is 8.55. The van der Waals surface area contributed by atoms with E-state index in [1.165, 1.54) is 4.57 Å². The highest BCUT2D eigenvalue weighted by molar-refractivity contribution is 6.29. The summed E-state index contributed by atoms with van der Waals surface area (Å²) in [6.45, 7) is 5.52. The van der Waals surface area contributed by atoms with Gasteiger partial charge in [-0.3, -0.25) is 4.57 Å². The van der Waals surface area contributed by atoms with E-state index in [9.17, 15) is 4.79 Å². The summed E-state index contributed by atoms with van der Waals surface area (Å²) >= 11 is 6.18. The number of hydrogen-bond acceptors (Lipinski definition) is 4. The van der Waals surface area contributed by atoms with E-state index >= 15 is 0 Å². The van der Waals surface area contributed by atoms with Gasteiger partial charge in [-0.1, -0.05) is 29.8 Å². The lowest BCUT2D eigenvalue weighted by atomic mass is 10.1. The van der Waals surface area contributed by atoms with E-state index in [0.29, 0.717) is 10.8 Å². The third-order valence-electron chi connectivity index (χ3n) is 3.92. The molecule has 0 aliphatic heterocycles. The Kier molecular flexibility index (Phi) is 3.73. The summed E-state index contributed by atoms with van der Waals surface area (Å²) in [6, 6.07) is 9.41. The summed E-state index contributed by atoms with van der Waals surface area (Å²) in [4.78, 5) is 17.1. The number of nitrogens with zero attached hydrogens (tertiary/aromatic N) is 4. The average molecular weight is 369 g/mol. The van der Waals surface area contributed by atoms with Crippen LogP contribution in [0.1, 0.15) is 20.8 Å². The zero-order valence-corrected chi connectivity index (χ0v) is 15.4. The van der Waals surface area contributed by atoms with Crippen LogP contribution in [0.15, 0.2) is 48.9 Å². The van der Waals surface area contributed by atoms with Crippen molar-refractivity contribution in [1.82, 2.24) is 19.2 Å². The Hall–Kier alpha value is -2.86. The van der Waals surface area contributed by atoms with Gasteiger partial charge in [0, 0.05) is 35.1 Å². The molecule has 132 valence electrons. The van der Waals surface area contributed by atoms with E-state index < -0.39 is 11.7 Å². The Morgan fingerprint density at radius 1 is 1.19 bits per heavy atom. The molecule has 0 saturated carbocycles. The van der Waals surface area contributed by atoms with Gasteiger partial charge in [0.05, 0.1) is 5.52 Å². The SMILES string of the molecule is CC(C)(C)OC(=O)n1cc(-c2cc(Cl)nn3ccnc23)c2ccccc21. The van der Waals surface area contributed by atoms with Crippen molar-refractivity contribution in [2.24, 2.45) is 0 Å². The molecule has 0 N–H and O–H groups in total. The molecule has 26 heavy (non-hydrogen) atoms. The summed E-state index contributed by atoms with van der Waals surface area (Å²) in [5, 5.41) is 5.47. The molecule has 3 heterocycles. The first-order chi connectivity index (χ1) is 12.3. The van der Waals surface area contributed by atoms with Crippen molar-refractivity contribution in [3.63, 3.8) is 0 Å². The van der Waals surface area contributed by atoms with Crippen LogP contribution in [0.5, 0.6) is 0 Å². The maximum Gasteiger partial charge on any atom is 0.419 e. The van der Waals surface area contributed by atoms with Crippen LogP contribution in [0.2, 0.25) is 5.15 Å². The van der Waals surface area contributed by atoms with E-state index in [4.69, 9.17) is 16.3 Å². The Morgan fingerprint density at radius 3 is 2.73 bits per heavy atom. The smallest absolute Gasteiger partial charge is 0.419 e. The lowest BCUT2D eigenvalue weighted by Gasteiger charge is -2.19. The first-order valence-electron chi connectivity index (χ1n) is 8.17. The molecule has 4 rings (SSSR count). The fourth-order valence-corrected chi connectivity index (χ4v) is 3.13. The topological polar surface area (TPSA) is 61.4 Å². The number of ether oxygens (including phenoxy) is 1. The molecule has 0 amide bonds. The number of hydrogen-bond donors (Lipinski definition) is 0. The minimum atomic E-state index is -0.584. The Balaban J connectivity index is 1.97. The molecule has 0 fully saturated rings. The molecule has 6 nitrogen and oxygen atoms in total. The summed E-state index contributed by atoms with van der Waals surface area (Å²) in [7, 11) is 0. The maximum absolute atomic E-state index is 12.7. The number of benzene rings is 1. The number of para-hydroxylation sites is 1. The predicted octanol–water partition coefficient (Wildman–Crippen LogP) is 4.79. The van der Waals surface area contributed by atoms with Gasteiger partial charge >= 0.3 is 6.09 Å². The number of carbonyl (C=O) groups is 1. The third kappa shape index (κ3) is 2.82. The molecule has 0 aliphatic carbocycles. The van der Waals surface area contributed by atoms with Crippen LogP contribution in [0.3, 0.4) is 0 Å². The zero-order valence-electron chi connectivity index (χ0n) is 14.6. The minimum absolute atomic E-state index is 0.347. The van der Waals surface area contributed by atoms with Crippen molar-refractivity contribution >= 4 is 34.2 Å². The van der Waals surface area contributed by atoms with Gasteiger partial charge in [0.1, 0.15) is 5.60 Å². The highest BCUT2D eigenvalue weighted by atomic mass is 35.5. The fraction of sp³-hybridized carbons (Fsp3) is 0.211. The average Bonchev–Trinajstić information content (AvgIpc) is 3.16. The highest BCUT2D eigenvalue weighted by Gasteiger charge is 2.22. The Bertz CT molecular complexity index is 1140. The number of halogens is 1. The van der Waals surface area contributed by atoms with E-state index in [1.54, 1.807) is 29.2 Å². The molecule has 7 heteroatoms. The molecule has 0 saturated heterocycles.